The highest BCUT2D eigenvalue weighted by Gasteiger charge is 2.26. The molecule has 2 aliphatic heterocycles. The molecule has 0 atom stereocenters. The molecular weight excluding hydrogens is 174 g/mol. The van der Waals surface area contributed by atoms with Crippen molar-refractivity contribution in [3.8, 4) is 0 Å². The van der Waals surface area contributed by atoms with Crippen LogP contribution in [0.5, 0.6) is 0 Å². The van der Waals surface area contributed by atoms with Crippen LogP contribution in [0.2, 0.25) is 0 Å². The fourth-order valence-corrected chi connectivity index (χ4v) is 2.01. The van der Waals surface area contributed by atoms with Crippen LogP contribution in [0, 0.1) is 0 Å². The molecule has 0 aliphatic carbocycles. The molecule has 3 rings (SSSR count). The van der Waals surface area contributed by atoms with Gasteiger partial charge in [-0.2, -0.15) is 0 Å². The van der Waals surface area contributed by atoms with E-state index in [1.165, 1.54) is 5.69 Å². The van der Waals surface area contributed by atoms with Crippen molar-refractivity contribution in [2.24, 2.45) is 9.98 Å². The smallest absolute Gasteiger partial charge is 0.150 e. The summed E-state index contributed by atoms with van der Waals surface area (Å²) in [7, 11) is 0. The predicted molar refractivity (Wildman–Crippen MR) is 58.9 cm³/mol. The van der Waals surface area contributed by atoms with E-state index in [0.717, 1.165) is 30.3 Å². The summed E-state index contributed by atoms with van der Waals surface area (Å²) in [4.78, 5) is 11.2. The van der Waals surface area contributed by atoms with Gasteiger partial charge in [-0.15, -0.1) is 0 Å². The van der Waals surface area contributed by atoms with Crippen molar-refractivity contribution in [1.82, 2.24) is 0 Å². The number of hydrogen-bond acceptors (Lipinski definition) is 3. The van der Waals surface area contributed by atoms with Gasteiger partial charge in [0.1, 0.15) is 5.84 Å². The molecule has 3 heteroatoms. The van der Waals surface area contributed by atoms with Gasteiger partial charge >= 0.3 is 0 Å². The van der Waals surface area contributed by atoms with E-state index in [1.54, 1.807) is 0 Å². The van der Waals surface area contributed by atoms with Gasteiger partial charge in [0.2, 0.25) is 0 Å². The summed E-state index contributed by atoms with van der Waals surface area (Å²) in [5, 5.41) is 0. The maximum atomic E-state index is 4.53. The van der Waals surface area contributed by atoms with E-state index in [1.807, 2.05) is 25.1 Å². The third kappa shape index (κ3) is 0.923. The molecule has 0 aromatic heterocycles. The number of amidine groups is 1. The number of nitrogens with zero attached hydrogens (tertiary/aromatic N) is 3. The fraction of sp³-hybridized carbons (Fsp3) is 0.273. The van der Waals surface area contributed by atoms with Crippen LogP contribution in [0.1, 0.15) is 6.92 Å². The molecule has 2 aliphatic rings. The molecule has 0 amide bonds. The van der Waals surface area contributed by atoms with E-state index in [-0.39, 0.29) is 0 Å². The number of para-hydroxylation sites is 2. The monoisotopic (exact) mass is 185 g/mol. The minimum absolute atomic E-state index is 0.885. The lowest BCUT2D eigenvalue weighted by molar-refractivity contribution is 1.02. The van der Waals surface area contributed by atoms with Gasteiger partial charge in [0.05, 0.1) is 23.6 Å². The van der Waals surface area contributed by atoms with E-state index in [0.29, 0.717) is 0 Å². The Morgan fingerprint density at radius 1 is 1.29 bits per heavy atom. The fourth-order valence-electron chi connectivity index (χ4n) is 2.01. The molecule has 3 nitrogen and oxygen atoms in total. The molecule has 0 N–H and O–H groups in total. The van der Waals surface area contributed by atoms with Crippen LogP contribution >= 0.6 is 0 Å². The summed E-state index contributed by atoms with van der Waals surface area (Å²) in [6.45, 7) is 3.89. The van der Waals surface area contributed by atoms with Crippen molar-refractivity contribution in [1.29, 1.82) is 0 Å². The molecule has 1 aromatic carbocycles. The van der Waals surface area contributed by atoms with E-state index in [2.05, 4.69) is 21.0 Å². The Labute approximate surface area is 82.8 Å². The maximum absolute atomic E-state index is 4.53. The Morgan fingerprint density at radius 2 is 2.14 bits per heavy atom. The lowest BCUT2D eigenvalue weighted by Gasteiger charge is -2.25. The summed E-state index contributed by atoms with van der Waals surface area (Å²) in [5.74, 6) is 1.05. The van der Waals surface area contributed by atoms with Gasteiger partial charge in [-0.1, -0.05) is 12.1 Å². The third-order valence-electron chi connectivity index (χ3n) is 2.63. The number of anilines is 1. The average Bonchev–Trinajstić information content (AvgIpc) is 2.67. The third-order valence-corrected chi connectivity index (χ3v) is 2.63. The van der Waals surface area contributed by atoms with Gasteiger partial charge in [0, 0.05) is 6.54 Å². The molecule has 0 spiro atoms. The van der Waals surface area contributed by atoms with Crippen molar-refractivity contribution in [3.63, 3.8) is 0 Å². The summed E-state index contributed by atoms with van der Waals surface area (Å²) in [5.41, 5.74) is 3.28. The zero-order chi connectivity index (χ0) is 9.54. The lowest BCUT2D eigenvalue weighted by atomic mass is 10.2. The van der Waals surface area contributed by atoms with Crippen LogP contribution in [-0.2, 0) is 0 Å². The molecular formula is C11H11N3. The summed E-state index contributed by atoms with van der Waals surface area (Å²) in [6, 6.07) is 8.22. The average molecular weight is 185 g/mol. The zero-order valence-corrected chi connectivity index (χ0v) is 8.07. The highest BCUT2D eigenvalue weighted by molar-refractivity contribution is 6.47. The Morgan fingerprint density at radius 3 is 3.07 bits per heavy atom. The zero-order valence-electron chi connectivity index (χ0n) is 8.07. The van der Waals surface area contributed by atoms with Gasteiger partial charge in [-0.3, -0.25) is 4.99 Å². The van der Waals surface area contributed by atoms with Crippen LogP contribution in [0.25, 0.3) is 0 Å². The predicted octanol–water partition coefficient (Wildman–Crippen LogP) is 2.01. The second kappa shape index (κ2) is 2.67. The highest BCUT2D eigenvalue weighted by atomic mass is 15.3. The minimum atomic E-state index is 0.885. The van der Waals surface area contributed by atoms with E-state index < -0.39 is 0 Å². The Bertz CT molecular complexity index is 446. The van der Waals surface area contributed by atoms with Crippen molar-refractivity contribution in [2.75, 3.05) is 18.0 Å². The first-order valence-electron chi connectivity index (χ1n) is 4.83. The summed E-state index contributed by atoms with van der Waals surface area (Å²) < 4.78 is 0. The van der Waals surface area contributed by atoms with Crippen LogP contribution in [0.15, 0.2) is 34.3 Å². The SMILES string of the molecule is CC1=Nc2ccccc2N2CCN=C12. The first-order valence-corrected chi connectivity index (χ1v) is 4.83. The topological polar surface area (TPSA) is 28.0 Å². The summed E-state index contributed by atoms with van der Waals surface area (Å²) in [6.07, 6.45) is 0. The number of hydrogen-bond donors (Lipinski definition) is 0. The molecule has 70 valence electrons. The number of rotatable bonds is 0. The number of aliphatic imine (C=N–C) groups is 2. The molecule has 0 radical (unpaired) electrons. The largest absolute Gasteiger partial charge is 0.321 e. The van der Waals surface area contributed by atoms with Crippen molar-refractivity contribution in [3.05, 3.63) is 24.3 Å². The number of benzene rings is 1. The van der Waals surface area contributed by atoms with Crippen LogP contribution in [0.3, 0.4) is 0 Å². The maximum Gasteiger partial charge on any atom is 0.150 e. The Kier molecular flexibility index (Phi) is 1.48. The van der Waals surface area contributed by atoms with Gasteiger partial charge in [0.25, 0.3) is 0 Å². The van der Waals surface area contributed by atoms with Gasteiger partial charge < -0.3 is 4.90 Å². The van der Waals surface area contributed by atoms with E-state index >= 15 is 0 Å². The first kappa shape index (κ1) is 7.74. The second-order valence-corrected chi connectivity index (χ2v) is 3.54. The Balaban J connectivity index is 2.23. The van der Waals surface area contributed by atoms with Gasteiger partial charge in [-0.05, 0) is 19.1 Å². The minimum Gasteiger partial charge on any atom is -0.321 e. The second-order valence-electron chi connectivity index (χ2n) is 3.54. The van der Waals surface area contributed by atoms with Crippen molar-refractivity contribution in [2.45, 2.75) is 6.92 Å². The van der Waals surface area contributed by atoms with Crippen LogP contribution in [0.4, 0.5) is 11.4 Å². The van der Waals surface area contributed by atoms with E-state index in [4.69, 9.17) is 0 Å². The van der Waals surface area contributed by atoms with Crippen molar-refractivity contribution < 1.29 is 0 Å². The lowest BCUT2D eigenvalue weighted by Crippen LogP contribution is -2.34. The normalized spacial score (nSPS) is 18.5. The van der Waals surface area contributed by atoms with E-state index in [9.17, 15) is 0 Å². The quantitative estimate of drug-likeness (QED) is 0.607. The molecule has 0 unspecified atom stereocenters. The molecule has 0 bridgehead atoms. The molecule has 0 saturated carbocycles. The summed E-state index contributed by atoms with van der Waals surface area (Å²) >= 11 is 0. The standard InChI is InChI=1S/C11H11N3/c1-8-11-12-6-7-14(11)10-5-3-2-4-9(10)13-8/h2-5H,6-7H2,1H3. The van der Waals surface area contributed by atoms with Gasteiger partial charge in [0.15, 0.2) is 0 Å². The van der Waals surface area contributed by atoms with Crippen LogP contribution in [-0.4, -0.2) is 24.6 Å². The number of fused-ring (bicyclic) bond motifs is 3. The Hall–Kier alpha value is -1.64. The van der Waals surface area contributed by atoms with Crippen LogP contribution < -0.4 is 4.90 Å². The highest BCUT2D eigenvalue weighted by Crippen LogP contribution is 2.33. The molecule has 14 heavy (non-hydrogen) atoms. The first-order chi connectivity index (χ1) is 6.86. The molecule has 0 saturated heterocycles. The molecule has 2 heterocycles. The van der Waals surface area contributed by atoms with Gasteiger partial charge in [-0.25, -0.2) is 4.99 Å². The molecule has 0 fully saturated rings. The van der Waals surface area contributed by atoms with Crippen molar-refractivity contribution >= 4 is 22.9 Å². The molecule has 1 aromatic rings.